The molecule has 2 rings (SSSR count). The fourth-order valence-corrected chi connectivity index (χ4v) is 2.32. The molecular formula is C13H11Cl2F3N2O. The number of H-pyrrole nitrogens is 1. The van der Waals surface area contributed by atoms with Crippen molar-refractivity contribution in [1.82, 2.24) is 9.78 Å². The molecule has 0 saturated heterocycles. The minimum atomic E-state index is -4.61. The molecule has 0 aliphatic heterocycles. The topological polar surface area (TPSA) is 37.8 Å². The van der Waals surface area contributed by atoms with E-state index in [-0.39, 0.29) is 10.6 Å². The third-order valence-electron chi connectivity index (χ3n) is 3.24. The first-order valence-corrected chi connectivity index (χ1v) is 6.71. The predicted octanol–water partition coefficient (Wildman–Crippen LogP) is 4.42. The molecule has 0 amide bonds. The highest BCUT2D eigenvalue weighted by atomic mass is 35.5. The number of hydrogen-bond acceptors (Lipinski definition) is 1. The molecule has 1 heterocycles. The average molecular weight is 339 g/mol. The monoisotopic (exact) mass is 338 g/mol. The van der Waals surface area contributed by atoms with Crippen LogP contribution in [-0.4, -0.2) is 9.78 Å². The quantitative estimate of drug-likeness (QED) is 0.864. The van der Waals surface area contributed by atoms with Crippen LogP contribution < -0.4 is 5.56 Å². The van der Waals surface area contributed by atoms with Gasteiger partial charge in [-0.3, -0.25) is 9.89 Å². The van der Waals surface area contributed by atoms with Crippen LogP contribution in [0.3, 0.4) is 0 Å². The molecule has 1 unspecified atom stereocenters. The van der Waals surface area contributed by atoms with Gasteiger partial charge in [-0.2, -0.15) is 13.2 Å². The van der Waals surface area contributed by atoms with Crippen LogP contribution in [0.5, 0.6) is 0 Å². The van der Waals surface area contributed by atoms with Crippen molar-refractivity contribution in [3.8, 4) is 0 Å². The van der Waals surface area contributed by atoms with E-state index in [0.29, 0.717) is 10.6 Å². The highest BCUT2D eigenvalue weighted by Gasteiger charge is 2.36. The van der Waals surface area contributed by atoms with E-state index < -0.39 is 23.5 Å². The van der Waals surface area contributed by atoms with Gasteiger partial charge in [-0.15, -0.1) is 0 Å². The maximum atomic E-state index is 12.8. The summed E-state index contributed by atoms with van der Waals surface area (Å²) in [5.41, 5.74) is -1.56. The standard InChI is InChI=1S/C13H11Cl2F3N2O/c1-6-11(13(16,17)18)19-20(12(6)21)7(2)8-3-4-9(14)10(15)5-8/h3-5,7,19H,1-2H3. The van der Waals surface area contributed by atoms with Crippen molar-refractivity contribution in [3.05, 3.63) is 55.4 Å². The Hall–Kier alpha value is -1.40. The fraction of sp³-hybridized carbons (Fsp3) is 0.308. The van der Waals surface area contributed by atoms with Gasteiger partial charge in [-0.05, 0) is 31.5 Å². The Balaban J connectivity index is 2.51. The molecule has 0 spiro atoms. The third-order valence-corrected chi connectivity index (χ3v) is 3.98. The van der Waals surface area contributed by atoms with Crippen molar-refractivity contribution in [2.45, 2.75) is 26.1 Å². The molecule has 21 heavy (non-hydrogen) atoms. The minimum absolute atomic E-state index is 0.272. The number of alkyl halides is 3. The first-order valence-electron chi connectivity index (χ1n) is 5.96. The molecule has 0 aliphatic rings. The summed E-state index contributed by atoms with van der Waals surface area (Å²) in [4.78, 5) is 12.0. The van der Waals surface area contributed by atoms with Gasteiger partial charge in [0, 0.05) is 5.56 Å². The van der Waals surface area contributed by atoms with E-state index in [1.54, 1.807) is 13.0 Å². The van der Waals surface area contributed by atoms with Crippen molar-refractivity contribution in [2.24, 2.45) is 0 Å². The normalized spacial score (nSPS) is 13.5. The second kappa shape index (κ2) is 5.42. The van der Waals surface area contributed by atoms with Crippen LogP contribution in [0.2, 0.25) is 10.0 Å². The largest absolute Gasteiger partial charge is 0.433 e. The van der Waals surface area contributed by atoms with E-state index in [1.165, 1.54) is 12.1 Å². The van der Waals surface area contributed by atoms with Crippen molar-refractivity contribution >= 4 is 23.2 Å². The van der Waals surface area contributed by atoms with E-state index in [4.69, 9.17) is 23.2 Å². The number of benzene rings is 1. The fourth-order valence-electron chi connectivity index (χ4n) is 2.01. The first kappa shape index (κ1) is 16.0. The van der Waals surface area contributed by atoms with Crippen LogP contribution in [0.15, 0.2) is 23.0 Å². The Labute approximate surface area is 128 Å². The molecule has 0 aliphatic carbocycles. The Morgan fingerprint density at radius 2 is 1.86 bits per heavy atom. The molecule has 1 atom stereocenters. The summed E-state index contributed by atoms with van der Waals surface area (Å²) in [6.45, 7) is 2.73. The van der Waals surface area contributed by atoms with Crippen molar-refractivity contribution in [3.63, 3.8) is 0 Å². The molecule has 114 valence electrons. The van der Waals surface area contributed by atoms with Crippen LogP contribution in [0.25, 0.3) is 0 Å². The van der Waals surface area contributed by atoms with Crippen LogP contribution in [0.1, 0.15) is 29.8 Å². The van der Waals surface area contributed by atoms with Gasteiger partial charge in [0.1, 0.15) is 5.69 Å². The summed E-state index contributed by atoms with van der Waals surface area (Å²) in [6.07, 6.45) is -4.61. The number of aromatic nitrogens is 2. The van der Waals surface area contributed by atoms with E-state index in [0.717, 1.165) is 11.6 Å². The molecule has 0 fully saturated rings. The minimum Gasteiger partial charge on any atom is -0.290 e. The third kappa shape index (κ3) is 2.96. The Kier molecular flexibility index (Phi) is 4.13. The molecule has 1 N–H and O–H groups in total. The van der Waals surface area contributed by atoms with Crippen LogP contribution in [0, 0.1) is 6.92 Å². The number of nitrogens with one attached hydrogen (secondary N) is 1. The smallest absolute Gasteiger partial charge is 0.290 e. The van der Waals surface area contributed by atoms with Gasteiger partial charge >= 0.3 is 6.18 Å². The lowest BCUT2D eigenvalue weighted by Gasteiger charge is -2.14. The lowest BCUT2D eigenvalue weighted by molar-refractivity contribution is -0.142. The van der Waals surface area contributed by atoms with Crippen LogP contribution in [-0.2, 0) is 6.18 Å². The van der Waals surface area contributed by atoms with Gasteiger partial charge in [0.05, 0.1) is 16.1 Å². The lowest BCUT2D eigenvalue weighted by atomic mass is 10.1. The number of nitrogens with zero attached hydrogens (tertiary/aromatic N) is 1. The zero-order valence-corrected chi connectivity index (χ0v) is 12.6. The first-order chi connectivity index (χ1) is 9.62. The molecule has 3 nitrogen and oxygen atoms in total. The number of aromatic amines is 1. The summed E-state index contributed by atoms with van der Waals surface area (Å²) in [6, 6.07) is 4.02. The second-order valence-corrected chi connectivity index (χ2v) is 5.45. The molecule has 0 saturated carbocycles. The number of hydrogen-bond donors (Lipinski definition) is 1. The number of rotatable bonds is 2. The summed E-state index contributed by atoms with van der Waals surface area (Å²) in [7, 11) is 0. The maximum absolute atomic E-state index is 12.8. The number of halogens is 5. The highest BCUT2D eigenvalue weighted by molar-refractivity contribution is 6.42. The van der Waals surface area contributed by atoms with E-state index in [2.05, 4.69) is 5.10 Å². The van der Waals surface area contributed by atoms with Gasteiger partial charge in [0.15, 0.2) is 0 Å². The summed E-state index contributed by atoms with van der Waals surface area (Å²) in [5.74, 6) is 0. The summed E-state index contributed by atoms with van der Waals surface area (Å²) < 4.78 is 39.3. The molecule has 1 aromatic carbocycles. The van der Waals surface area contributed by atoms with Crippen LogP contribution in [0.4, 0.5) is 13.2 Å². The van der Waals surface area contributed by atoms with Gasteiger partial charge in [0.25, 0.3) is 5.56 Å². The van der Waals surface area contributed by atoms with Crippen molar-refractivity contribution in [2.75, 3.05) is 0 Å². The molecule has 2 aromatic rings. The molecule has 0 bridgehead atoms. The highest BCUT2D eigenvalue weighted by Crippen LogP contribution is 2.31. The van der Waals surface area contributed by atoms with E-state index in [9.17, 15) is 18.0 Å². The molecule has 0 radical (unpaired) electrons. The van der Waals surface area contributed by atoms with Gasteiger partial charge < -0.3 is 0 Å². The SMILES string of the molecule is Cc1c(C(F)(F)F)[nH]n(C(C)c2ccc(Cl)c(Cl)c2)c1=O. The summed E-state index contributed by atoms with van der Waals surface area (Å²) >= 11 is 11.7. The molecule has 1 aromatic heterocycles. The Morgan fingerprint density at radius 1 is 1.24 bits per heavy atom. The van der Waals surface area contributed by atoms with Crippen LogP contribution >= 0.6 is 23.2 Å². The Morgan fingerprint density at radius 3 is 2.33 bits per heavy atom. The summed E-state index contributed by atoms with van der Waals surface area (Å²) in [5, 5.41) is 2.73. The Bertz CT molecular complexity index is 734. The second-order valence-electron chi connectivity index (χ2n) is 4.63. The maximum Gasteiger partial charge on any atom is 0.433 e. The zero-order valence-electron chi connectivity index (χ0n) is 11.1. The van der Waals surface area contributed by atoms with Crippen molar-refractivity contribution in [1.29, 1.82) is 0 Å². The average Bonchev–Trinajstić information content (AvgIpc) is 2.69. The molecule has 8 heteroatoms. The lowest BCUT2D eigenvalue weighted by Crippen LogP contribution is -2.22. The van der Waals surface area contributed by atoms with E-state index >= 15 is 0 Å². The predicted molar refractivity (Wildman–Crippen MR) is 75.1 cm³/mol. The van der Waals surface area contributed by atoms with Crippen molar-refractivity contribution < 1.29 is 13.2 Å². The van der Waals surface area contributed by atoms with Gasteiger partial charge in [-0.25, -0.2) is 4.68 Å². The molecular weight excluding hydrogens is 328 g/mol. The van der Waals surface area contributed by atoms with E-state index in [1.807, 2.05) is 0 Å². The van der Waals surface area contributed by atoms with Gasteiger partial charge in [0.2, 0.25) is 0 Å². The zero-order chi connectivity index (χ0) is 15.9. The van der Waals surface area contributed by atoms with Gasteiger partial charge in [-0.1, -0.05) is 29.3 Å².